The van der Waals surface area contributed by atoms with E-state index >= 15 is 0 Å². The first kappa shape index (κ1) is 21.7. The summed E-state index contributed by atoms with van der Waals surface area (Å²) in [6.07, 6.45) is 7.19. The molecule has 6 nitrogen and oxygen atoms in total. The minimum absolute atomic E-state index is 0.0927. The van der Waals surface area contributed by atoms with Gasteiger partial charge in [-0.2, -0.15) is 4.31 Å². The summed E-state index contributed by atoms with van der Waals surface area (Å²) in [5.74, 6) is 0.436. The van der Waals surface area contributed by atoms with Crippen molar-refractivity contribution in [3.63, 3.8) is 0 Å². The highest BCUT2D eigenvalue weighted by molar-refractivity contribution is 7.89. The van der Waals surface area contributed by atoms with Crippen molar-refractivity contribution in [3.05, 3.63) is 30.1 Å². The number of carbonyl (C=O) groups excluding carboxylic acids is 1. The molecule has 3 fully saturated rings. The van der Waals surface area contributed by atoms with Gasteiger partial charge in [0.25, 0.3) is 0 Å². The molecular weight excluding hydrogens is 405 g/mol. The molecule has 0 atom stereocenters. The van der Waals surface area contributed by atoms with Gasteiger partial charge in [0.2, 0.25) is 15.9 Å². The van der Waals surface area contributed by atoms with Gasteiger partial charge < -0.3 is 4.90 Å². The second-order valence-electron chi connectivity index (χ2n) is 9.06. The molecule has 30 heavy (non-hydrogen) atoms. The number of carbonyl (C=O) groups is 1. The molecule has 1 aromatic carbocycles. The first-order valence-electron chi connectivity index (χ1n) is 11.1. The molecule has 0 radical (unpaired) electrons. The predicted octanol–water partition coefficient (Wildman–Crippen LogP) is 2.70. The fraction of sp³-hybridized carbons (Fsp3) is 0.682. The van der Waals surface area contributed by atoms with E-state index in [4.69, 9.17) is 0 Å². The van der Waals surface area contributed by atoms with Crippen LogP contribution in [0.3, 0.4) is 0 Å². The summed E-state index contributed by atoms with van der Waals surface area (Å²) >= 11 is 0. The number of halogens is 1. The predicted molar refractivity (Wildman–Crippen MR) is 113 cm³/mol. The Kier molecular flexibility index (Phi) is 6.46. The third-order valence-corrected chi connectivity index (χ3v) is 8.74. The van der Waals surface area contributed by atoms with Crippen molar-refractivity contribution in [2.45, 2.75) is 62.4 Å². The van der Waals surface area contributed by atoms with Crippen molar-refractivity contribution in [3.8, 4) is 0 Å². The van der Waals surface area contributed by atoms with Crippen molar-refractivity contribution >= 4 is 15.9 Å². The molecule has 1 saturated heterocycles. The van der Waals surface area contributed by atoms with Crippen LogP contribution in [0.2, 0.25) is 0 Å². The van der Waals surface area contributed by atoms with Crippen LogP contribution in [0.5, 0.6) is 0 Å². The van der Waals surface area contributed by atoms with Gasteiger partial charge in [0.15, 0.2) is 0 Å². The summed E-state index contributed by atoms with van der Waals surface area (Å²) in [7, 11) is -3.66. The molecule has 0 N–H and O–H groups in total. The molecule has 0 unspecified atom stereocenters. The van der Waals surface area contributed by atoms with Crippen molar-refractivity contribution < 1.29 is 17.6 Å². The standard InChI is InChI=1S/C22H32FN3O3S/c1-17-2-6-19(7-3-17)26(20-8-9-20)16-22(27)24-12-14-25(15-13-24)30(28,29)21-10-4-18(23)5-11-21/h4-5,10-11,17,19-20H,2-3,6-9,12-16H2,1H3. The SMILES string of the molecule is CC1CCC(N(CC(=O)N2CCN(S(=O)(=O)c3ccc(F)cc3)CC2)C2CC2)CC1. The third kappa shape index (κ3) is 4.86. The molecule has 2 saturated carbocycles. The molecule has 1 heterocycles. The average Bonchev–Trinajstić information content (AvgIpc) is 3.58. The van der Waals surface area contributed by atoms with E-state index in [0.29, 0.717) is 31.7 Å². The van der Waals surface area contributed by atoms with Crippen LogP contribution in [0.15, 0.2) is 29.2 Å². The summed E-state index contributed by atoms with van der Waals surface area (Å²) in [5.41, 5.74) is 0. The van der Waals surface area contributed by atoms with Gasteiger partial charge in [-0.1, -0.05) is 6.92 Å². The summed E-state index contributed by atoms with van der Waals surface area (Å²) < 4.78 is 40.1. The van der Waals surface area contributed by atoms with Gasteiger partial charge in [-0.05, 0) is 68.7 Å². The molecule has 4 rings (SSSR count). The van der Waals surface area contributed by atoms with Crippen LogP contribution in [0, 0.1) is 11.7 Å². The highest BCUT2D eigenvalue weighted by Gasteiger charge is 2.38. The van der Waals surface area contributed by atoms with E-state index in [9.17, 15) is 17.6 Å². The lowest BCUT2D eigenvalue weighted by molar-refractivity contribution is -0.134. The minimum Gasteiger partial charge on any atom is -0.339 e. The van der Waals surface area contributed by atoms with Crippen molar-refractivity contribution in [2.75, 3.05) is 32.7 Å². The zero-order valence-electron chi connectivity index (χ0n) is 17.7. The fourth-order valence-electron chi connectivity index (χ4n) is 4.73. The van der Waals surface area contributed by atoms with Gasteiger partial charge in [0.05, 0.1) is 11.4 Å². The van der Waals surface area contributed by atoms with Gasteiger partial charge in [-0.15, -0.1) is 0 Å². The zero-order chi connectivity index (χ0) is 21.3. The topological polar surface area (TPSA) is 60.9 Å². The fourth-order valence-corrected chi connectivity index (χ4v) is 6.15. The molecule has 166 valence electrons. The quantitative estimate of drug-likeness (QED) is 0.687. The molecule has 0 aromatic heterocycles. The first-order chi connectivity index (χ1) is 14.3. The highest BCUT2D eigenvalue weighted by atomic mass is 32.2. The first-order valence-corrected chi connectivity index (χ1v) is 12.6. The number of benzene rings is 1. The molecule has 1 aliphatic heterocycles. The average molecular weight is 438 g/mol. The van der Waals surface area contributed by atoms with Crippen molar-refractivity contribution in [1.82, 2.24) is 14.1 Å². The van der Waals surface area contributed by atoms with E-state index < -0.39 is 15.8 Å². The van der Waals surface area contributed by atoms with Crippen LogP contribution in [-0.2, 0) is 14.8 Å². The van der Waals surface area contributed by atoms with Crippen molar-refractivity contribution in [1.29, 1.82) is 0 Å². The maximum absolute atomic E-state index is 13.1. The van der Waals surface area contributed by atoms with Gasteiger partial charge >= 0.3 is 0 Å². The lowest BCUT2D eigenvalue weighted by atomic mass is 9.86. The van der Waals surface area contributed by atoms with Gasteiger partial charge in [-0.3, -0.25) is 9.69 Å². The molecule has 3 aliphatic rings. The zero-order valence-corrected chi connectivity index (χ0v) is 18.5. The Morgan fingerprint density at radius 3 is 2.03 bits per heavy atom. The number of piperazine rings is 1. The number of amides is 1. The van der Waals surface area contributed by atoms with Crippen LogP contribution in [0.25, 0.3) is 0 Å². The Morgan fingerprint density at radius 1 is 0.967 bits per heavy atom. The number of sulfonamides is 1. The van der Waals surface area contributed by atoms with Crippen LogP contribution < -0.4 is 0 Å². The van der Waals surface area contributed by atoms with Gasteiger partial charge in [0, 0.05) is 38.3 Å². The smallest absolute Gasteiger partial charge is 0.243 e. The van der Waals surface area contributed by atoms with E-state index in [2.05, 4.69) is 11.8 Å². The number of hydrogen-bond acceptors (Lipinski definition) is 4. The van der Waals surface area contributed by atoms with Crippen molar-refractivity contribution in [2.24, 2.45) is 5.92 Å². The molecule has 1 aromatic rings. The van der Waals surface area contributed by atoms with E-state index in [0.717, 1.165) is 18.1 Å². The van der Waals surface area contributed by atoms with Crippen LogP contribution >= 0.6 is 0 Å². The second-order valence-corrected chi connectivity index (χ2v) is 11.0. The van der Waals surface area contributed by atoms with E-state index in [1.165, 1.54) is 55.0 Å². The Morgan fingerprint density at radius 2 is 1.50 bits per heavy atom. The monoisotopic (exact) mass is 437 g/mol. The maximum Gasteiger partial charge on any atom is 0.243 e. The summed E-state index contributed by atoms with van der Waals surface area (Å²) in [6.45, 7) is 4.11. The minimum atomic E-state index is -3.66. The number of hydrogen-bond donors (Lipinski definition) is 0. The molecule has 2 aliphatic carbocycles. The summed E-state index contributed by atoms with van der Waals surface area (Å²) in [5, 5.41) is 0. The molecule has 8 heteroatoms. The van der Waals surface area contributed by atoms with E-state index in [1.54, 1.807) is 4.90 Å². The normalized spacial score (nSPS) is 26.2. The molecule has 0 bridgehead atoms. The second kappa shape index (κ2) is 8.93. The molecular formula is C22H32FN3O3S. The lowest BCUT2D eigenvalue weighted by Crippen LogP contribution is -2.53. The van der Waals surface area contributed by atoms with Gasteiger partial charge in [0.1, 0.15) is 5.82 Å². The van der Waals surface area contributed by atoms with Crippen LogP contribution in [0.1, 0.15) is 45.4 Å². The third-order valence-electron chi connectivity index (χ3n) is 6.83. The maximum atomic E-state index is 13.1. The molecule has 1 amide bonds. The Labute approximate surface area is 179 Å². The highest BCUT2D eigenvalue weighted by Crippen LogP contribution is 2.35. The Hall–Kier alpha value is -1.51. The Bertz CT molecular complexity index is 841. The summed E-state index contributed by atoms with van der Waals surface area (Å²) in [6, 6.07) is 5.96. The Balaban J connectivity index is 1.33. The van der Waals surface area contributed by atoms with E-state index in [1.807, 2.05) is 0 Å². The largest absolute Gasteiger partial charge is 0.339 e. The summed E-state index contributed by atoms with van der Waals surface area (Å²) in [4.78, 5) is 17.3. The lowest BCUT2D eigenvalue weighted by Gasteiger charge is -2.39. The number of rotatable bonds is 6. The van der Waals surface area contributed by atoms with Crippen LogP contribution in [-0.4, -0.2) is 73.2 Å². The van der Waals surface area contributed by atoms with Crippen LogP contribution in [0.4, 0.5) is 4.39 Å². The molecule has 0 spiro atoms. The van der Waals surface area contributed by atoms with Gasteiger partial charge in [-0.25, -0.2) is 12.8 Å². The van der Waals surface area contributed by atoms with E-state index in [-0.39, 0.29) is 23.9 Å². The number of nitrogens with zero attached hydrogens (tertiary/aromatic N) is 3.